The van der Waals surface area contributed by atoms with Crippen molar-refractivity contribution in [2.45, 2.75) is 6.92 Å². The zero-order valence-electron chi connectivity index (χ0n) is 10.1. The van der Waals surface area contributed by atoms with Gasteiger partial charge in [-0.05, 0) is 42.8 Å². The Bertz CT molecular complexity index is 752. The van der Waals surface area contributed by atoms with Crippen LogP contribution < -0.4 is 5.32 Å². The summed E-state index contributed by atoms with van der Waals surface area (Å²) in [5.74, 6) is 0. The van der Waals surface area contributed by atoms with Crippen molar-refractivity contribution >= 4 is 55.6 Å². The molecule has 2 nitrogen and oxygen atoms in total. The molecule has 1 N–H and O–H groups in total. The van der Waals surface area contributed by atoms with E-state index in [2.05, 4.69) is 10.3 Å². The standard InChI is InChI=1S/C14H10Cl2N2S/c1-8-10(16)3-2-4-11(8)17-14-18-12-7-9(15)5-6-13(12)19-14/h2-7H,1H3,(H,17,18). The van der Waals surface area contributed by atoms with Gasteiger partial charge in [-0.25, -0.2) is 4.98 Å². The first-order valence-electron chi connectivity index (χ1n) is 5.72. The van der Waals surface area contributed by atoms with E-state index in [4.69, 9.17) is 23.2 Å². The summed E-state index contributed by atoms with van der Waals surface area (Å²) in [5, 5.41) is 5.58. The molecule has 0 saturated heterocycles. The predicted molar refractivity (Wildman–Crippen MR) is 84.1 cm³/mol. The third-order valence-corrected chi connectivity index (χ3v) is 4.46. The van der Waals surface area contributed by atoms with E-state index in [1.807, 2.05) is 43.3 Å². The maximum atomic E-state index is 6.11. The van der Waals surface area contributed by atoms with Crippen molar-refractivity contribution in [3.63, 3.8) is 0 Å². The molecule has 19 heavy (non-hydrogen) atoms. The van der Waals surface area contributed by atoms with Crippen molar-refractivity contribution in [2.75, 3.05) is 5.32 Å². The Kier molecular flexibility index (Phi) is 3.35. The Hall–Kier alpha value is -1.29. The zero-order valence-corrected chi connectivity index (χ0v) is 12.4. The second-order valence-corrected chi connectivity index (χ2v) is 6.04. The first-order valence-corrected chi connectivity index (χ1v) is 7.29. The summed E-state index contributed by atoms with van der Waals surface area (Å²) >= 11 is 13.7. The maximum absolute atomic E-state index is 6.11. The van der Waals surface area contributed by atoms with Crippen molar-refractivity contribution in [1.29, 1.82) is 0 Å². The van der Waals surface area contributed by atoms with E-state index in [0.29, 0.717) is 5.02 Å². The SMILES string of the molecule is Cc1c(Cl)cccc1Nc1nc2cc(Cl)ccc2s1. The zero-order chi connectivity index (χ0) is 13.4. The third kappa shape index (κ3) is 2.54. The molecule has 3 rings (SSSR count). The first kappa shape index (κ1) is 12.7. The van der Waals surface area contributed by atoms with Crippen LogP contribution in [0.25, 0.3) is 10.2 Å². The van der Waals surface area contributed by atoms with Gasteiger partial charge in [-0.2, -0.15) is 0 Å². The number of aromatic nitrogens is 1. The van der Waals surface area contributed by atoms with Gasteiger partial charge in [0.15, 0.2) is 5.13 Å². The minimum Gasteiger partial charge on any atom is -0.331 e. The quantitative estimate of drug-likeness (QED) is 0.661. The lowest BCUT2D eigenvalue weighted by Crippen LogP contribution is -1.92. The summed E-state index contributed by atoms with van der Waals surface area (Å²) in [5.41, 5.74) is 2.89. The lowest BCUT2D eigenvalue weighted by molar-refractivity contribution is 1.40. The minimum absolute atomic E-state index is 0.697. The van der Waals surface area contributed by atoms with Crippen LogP contribution in [0.4, 0.5) is 10.8 Å². The lowest BCUT2D eigenvalue weighted by atomic mass is 10.2. The number of nitrogens with zero attached hydrogens (tertiary/aromatic N) is 1. The molecule has 0 aliphatic rings. The number of rotatable bonds is 2. The highest BCUT2D eigenvalue weighted by Crippen LogP contribution is 2.32. The minimum atomic E-state index is 0.697. The van der Waals surface area contributed by atoms with E-state index in [0.717, 1.165) is 31.6 Å². The van der Waals surface area contributed by atoms with E-state index in [1.54, 1.807) is 11.3 Å². The van der Waals surface area contributed by atoms with E-state index >= 15 is 0 Å². The van der Waals surface area contributed by atoms with Crippen LogP contribution in [0.3, 0.4) is 0 Å². The highest BCUT2D eigenvalue weighted by molar-refractivity contribution is 7.22. The van der Waals surface area contributed by atoms with Gasteiger partial charge in [-0.15, -0.1) is 0 Å². The number of halogens is 2. The molecule has 1 aromatic heterocycles. The monoisotopic (exact) mass is 308 g/mol. The Morgan fingerprint density at radius 3 is 2.84 bits per heavy atom. The fraction of sp³-hybridized carbons (Fsp3) is 0.0714. The number of fused-ring (bicyclic) bond motifs is 1. The van der Waals surface area contributed by atoms with Crippen LogP contribution in [-0.4, -0.2) is 4.98 Å². The second kappa shape index (κ2) is 5.00. The number of hydrogen-bond acceptors (Lipinski definition) is 3. The molecule has 0 radical (unpaired) electrons. The van der Waals surface area contributed by atoms with Crippen LogP contribution in [-0.2, 0) is 0 Å². The molecule has 0 aliphatic heterocycles. The van der Waals surface area contributed by atoms with E-state index in [1.165, 1.54) is 0 Å². The van der Waals surface area contributed by atoms with Gasteiger partial charge in [0, 0.05) is 15.7 Å². The molecule has 96 valence electrons. The Labute approximate surface area is 125 Å². The highest BCUT2D eigenvalue weighted by Gasteiger charge is 2.07. The van der Waals surface area contributed by atoms with Crippen LogP contribution in [0, 0.1) is 6.92 Å². The van der Waals surface area contributed by atoms with Gasteiger partial charge in [-0.1, -0.05) is 40.6 Å². The molecule has 0 saturated carbocycles. The second-order valence-electron chi connectivity index (χ2n) is 4.17. The predicted octanol–water partition coefficient (Wildman–Crippen LogP) is 5.66. The molecule has 1 heterocycles. The lowest BCUT2D eigenvalue weighted by Gasteiger charge is -2.07. The smallest absolute Gasteiger partial charge is 0.188 e. The van der Waals surface area contributed by atoms with Crippen molar-refractivity contribution < 1.29 is 0 Å². The average Bonchev–Trinajstić information content (AvgIpc) is 2.76. The van der Waals surface area contributed by atoms with Crippen molar-refractivity contribution in [3.8, 4) is 0 Å². The van der Waals surface area contributed by atoms with E-state index < -0.39 is 0 Å². The fourth-order valence-corrected chi connectivity index (χ4v) is 3.01. The van der Waals surface area contributed by atoms with Gasteiger partial charge in [0.2, 0.25) is 0 Å². The topological polar surface area (TPSA) is 24.9 Å². The first-order chi connectivity index (χ1) is 9.13. The highest BCUT2D eigenvalue weighted by atomic mass is 35.5. The van der Waals surface area contributed by atoms with Gasteiger partial charge >= 0.3 is 0 Å². The molecular weight excluding hydrogens is 299 g/mol. The molecule has 5 heteroatoms. The van der Waals surface area contributed by atoms with Gasteiger partial charge in [0.25, 0.3) is 0 Å². The van der Waals surface area contributed by atoms with Crippen molar-refractivity contribution in [1.82, 2.24) is 4.98 Å². The summed E-state index contributed by atoms with van der Waals surface area (Å²) < 4.78 is 1.10. The third-order valence-electron chi connectivity index (χ3n) is 2.86. The van der Waals surface area contributed by atoms with Gasteiger partial charge in [0.1, 0.15) is 0 Å². The van der Waals surface area contributed by atoms with Crippen LogP contribution in [0.15, 0.2) is 36.4 Å². The maximum Gasteiger partial charge on any atom is 0.188 e. The fourth-order valence-electron chi connectivity index (χ4n) is 1.81. The van der Waals surface area contributed by atoms with E-state index in [9.17, 15) is 0 Å². The summed E-state index contributed by atoms with van der Waals surface area (Å²) in [7, 11) is 0. The summed E-state index contributed by atoms with van der Waals surface area (Å²) in [6, 6.07) is 11.5. The Morgan fingerprint density at radius 1 is 1.16 bits per heavy atom. The summed E-state index contributed by atoms with van der Waals surface area (Å²) in [6.07, 6.45) is 0. The number of nitrogens with one attached hydrogen (secondary N) is 1. The number of benzene rings is 2. The van der Waals surface area contributed by atoms with Crippen molar-refractivity contribution in [3.05, 3.63) is 52.0 Å². The van der Waals surface area contributed by atoms with Crippen LogP contribution >= 0.6 is 34.5 Å². The van der Waals surface area contributed by atoms with Crippen LogP contribution in [0.1, 0.15) is 5.56 Å². The van der Waals surface area contributed by atoms with Gasteiger partial charge in [-0.3, -0.25) is 0 Å². The number of hydrogen-bond donors (Lipinski definition) is 1. The van der Waals surface area contributed by atoms with E-state index in [-0.39, 0.29) is 0 Å². The Morgan fingerprint density at radius 2 is 2.00 bits per heavy atom. The normalized spacial score (nSPS) is 10.9. The molecular formula is C14H10Cl2N2S. The van der Waals surface area contributed by atoms with Crippen LogP contribution in [0.5, 0.6) is 0 Å². The number of thiazole rings is 1. The largest absolute Gasteiger partial charge is 0.331 e. The molecule has 0 bridgehead atoms. The molecule has 0 fully saturated rings. The average molecular weight is 309 g/mol. The Balaban J connectivity index is 1.99. The summed E-state index contributed by atoms with van der Waals surface area (Å²) in [4.78, 5) is 4.52. The van der Waals surface area contributed by atoms with Crippen molar-refractivity contribution in [2.24, 2.45) is 0 Å². The molecule has 0 atom stereocenters. The molecule has 2 aromatic carbocycles. The molecule has 0 amide bonds. The van der Waals surface area contributed by atoms with Gasteiger partial charge < -0.3 is 5.32 Å². The molecule has 0 spiro atoms. The molecule has 0 unspecified atom stereocenters. The van der Waals surface area contributed by atoms with Crippen LogP contribution in [0.2, 0.25) is 10.0 Å². The molecule has 0 aliphatic carbocycles. The van der Waals surface area contributed by atoms with Gasteiger partial charge in [0.05, 0.1) is 10.2 Å². The summed E-state index contributed by atoms with van der Waals surface area (Å²) in [6.45, 7) is 1.98. The molecule has 3 aromatic rings. The number of anilines is 2.